The predicted octanol–water partition coefficient (Wildman–Crippen LogP) is 2.38. The number of hydrogen-bond donors (Lipinski definition) is 2. The number of aliphatic carboxylic acids is 1. The Balaban J connectivity index is 2.60. The standard InChI is InChI=1S/C10H10ClNO2/c11-8-3-1-2-7(4-8)5-9(12)6-10(13)14/h1-4,12H,5-6H2,(H,13,14). The highest BCUT2D eigenvalue weighted by atomic mass is 35.5. The predicted molar refractivity (Wildman–Crippen MR) is 55.1 cm³/mol. The normalized spacial score (nSPS) is 9.79. The van der Waals surface area contributed by atoms with Crippen LogP contribution in [0.2, 0.25) is 5.02 Å². The van der Waals surface area contributed by atoms with E-state index in [0.29, 0.717) is 11.4 Å². The minimum Gasteiger partial charge on any atom is -0.481 e. The molecule has 1 rings (SSSR count). The molecule has 1 aromatic carbocycles. The summed E-state index contributed by atoms with van der Waals surface area (Å²) in [6.45, 7) is 0. The van der Waals surface area contributed by atoms with Crippen molar-refractivity contribution in [3.63, 3.8) is 0 Å². The minimum atomic E-state index is -0.975. The third kappa shape index (κ3) is 3.58. The zero-order valence-corrected chi connectivity index (χ0v) is 8.21. The smallest absolute Gasteiger partial charge is 0.309 e. The van der Waals surface area contributed by atoms with Crippen molar-refractivity contribution in [2.75, 3.05) is 0 Å². The van der Waals surface area contributed by atoms with Crippen molar-refractivity contribution >= 4 is 23.3 Å². The number of benzene rings is 1. The molecule has 0 aliphatic carbocycles. The van der Waals surface area contributed by atoms with Crippen LogP contribution in [0.4, 0.5) is 0 Å². The van der Waals surface area contributed by atoms with Crippen molar-refractivity contribution in [2.24, 2.45) is 0 Å². The van der Waals surface area contributed by atoms with E-state index in [1.807, 2.05) is 6.07 Å². The van der Waals surface area contributed by atoms with Crippen LogP contribution in [0.5, 0.6) is 0 Å². The van der Waals surface area contributed by atoms with E-state index in [1.165, 1.54) is 0 Å². The van der Waals surface area contributed by atoms with Crippen LogP contribution in [0.15, 0.2) is 24.3 Å². The first-order chi connectivity index (χ1) is 6.58. The average molecular weight is 212 g/mol. The third-order valence-corrected chi connectivity index (χ3v) is 1.91. The lowest BCUT2D eigenvalue weighted by Gasteiger charge is -2.01. The largest absolute Gasteiger partial charge is 0.481 e. The molecule has 0 aliphatic heterocycles. The number of halogens is 1. The minimum absolute atomic E-state index is 0.180. The zero-order valence-electron chi connectivity index (χ0n) is 7.46. The Morgan fingerprint density at radius 1 is 1.50 bits per heavy atom. The number of rotatable bonds is 4. The molecule has 0 heterocycles. The molecule has 1 aromatic rings. The van der Waals surface area contributed by atoms with Gasteiger partial charge in [0.1, 0.15) is 0 Å². The molecule has 0 aliphatic rings. The highest BCUT2D eigenvalue weighted by Crippen LogP contribution is 2.11. The number of carboxylic acids is 1. The maximum Gasteiger partial charge on any atom is 0.309 e. The number of hydrogen-bond acceptors (Lipinski definition) is 2. The van der Waals surface area contributed by atoms with Gasteiger partial charge in [0.15, 0.2) is 0 Å². The molecule has 74 valence electrons. The van der Waals surface area contributed by atoms with E-state index in [2.05, 4.69) is 0 Å². The summed E-state index contributed by atoms with van der Waals surface area (Å²) in [6, 6.07) is 7.08. The monoisotopic (exact) mass is 211 g/mol. The molecule has 2 N–H and O–H groups in total. The average Bonchev–Trinajstić information content (AvgIpc) is 2.01. The molecule has 0 spiro atoms. The first-order valence-electron chi connectivity index (χ1n) is 4.10. The highest BCUT2D eigenvalue weighted by molar-refractivity contribution is 6.30. The number of nitrogens with one attached hydrogen (secondary N) is 1. The molecule has 0 atom stereocenters. The van der Waals surface area contributed by atoms with Crippen molar-refractivity contribution in [1.29, 1.82) is 5.41 Å². The zero-order chi connectivity index (χ0) is 10.6. The molecule has 0 saturated carbocycles. The molecule has 0 bridgehead atoms. The molecule has 0 aromatic heterocycles. The first kappa shape index (κ1) is 10.7. The van der Waals surface area contributed by atoms with E-state index in [-0.39, 0.29) is 12.1 Å². The molecule has 0 fully saturated rings. The van der Waals surface area contributed by atoms with Gasteiger partial charge < -0.3 is 10.5 Å². The van der Waals surface area contributed by atoms with Crippen LogP contribution >= 0.6 is 11.6 Å². The molecule has 0 saturated heterocycles. The lowest BCUT2D eigenvalue weighted by atomic mass is 10.1. The molecule has 14 heavy (non-hydrogen) atoms. The van der Waals surface area contributed by atoms with Gasteiger partial charge in [0.25, 0.3) is 0 Å². The van der Waals surface area contributed by atoms with Crippen LogP contribution in [0.25, 0.3) is 0 Å². The SMILES string of the molecule is N=C(CC(=O)O)Cc1cccc(Cl)c1. The summed E-state index contributed by atoms with van der Waals surface area (Å²) in [5.74, 6) is -0.975. The first-order valence-corrected chi connectivity index (χ1v) is 4.48. The maximum absolute atomic E-state index is 10.3. The summed E-state index contributed by atoms with van der Waals surface area (Å²) in [5.41, 5.74) is 1.04. The highest BCUT2D eigenvalue weighted by Gasteiger charge is 2.04. The van der Waals surface area contributed by atoms with Crippen molar-refractivity contribution in [1.82, 2.24) is 0 Å². The van der Waals surface area contributed by atoms with Gasteiger partial charge in [0, 0.05) is 17.2 Å². The Morgan fingerprint density at radius 3 is 2.79 bits per heavy atom. The van der Waals surface area contributed by atoms with Crippen molar-refractivity contribution < 1.29 is 9.90 Å². The van der Waals surface area contributed by atoms with E-state index in [0.717, 1.165) is 5.56 Å². The van der Waals surface area contributed by atoms with Gasteiger partial charge in [-0.25, -0.2) is 0 Å². The quantitative estimate of drug-likeness (QED) is 0.752. The molecule has 0 amide bonds. The second-order valence-electron chi connectivity index (χ2n) is 2.98. The molecular weight excluding hydrogens is 202 g/mol. The van der Waals surface area contributed by atoms with Gasteiger partial charge in [-0.3, -0.25) is 4.79 Å². The second-order valence-corrected chi connectivity index (χ2v) is 3.42. The summed E-state index contributed by atoms with van der Waals surface area (Å²) in [6.07, 6.45) is 0.124. The van der Waals surface area contributed by atoms with Crippen LogP contribution in [-0.4, -0.2) is 16.8 Å². The van der Waals surface area contributed by atoms with Crippen molar-refractivity contribution in [3.05, 3.63) is 34.9 Å². The number of carboxylic acid groups (broad SMARTS) is 1. The van der Waals surface area contributed by atoms with Crippen molar-refractivity contribution in [3.8, 4) is 0 Å². The number of carbonyl (C=O) groups is 1. The van der Waals surface area contributed by atoms with Gasteiger partial charge in [-0.15, -0.1) is 0 Å². The van der Waals surface area contributed by atoms with Gasteiger partial charge >= 0.3 is 5.97 Å². The Morgan fingerprint density at radius 2 is 2.21 bits per heavy atom. The van der Waals surface area contributed by atoms with E-state index >= 15 is 0 Å². The Labute approximate surface area is 86.8 Å². The fourth-order valence-corrected chi connectivity index (χ4v) is 1.35. The van der Waals surface area contributed by atoms with E-state index in [9.17, 15) is 4.79 Å². The lowest BCUT2D eigenvalue weighted by Crippen LogP contribution is -2.08. The van der Waals surface area contributed by atoms with Gasteiger partial charge in [-0.05, 0) is 17.7 Å². The Kier molecular flexibility index (Phi) is 3.65. The van der Waals surface area contributed by atoms with Crippen LogP contribution in [0, 0.1) is 5.41 Å². The summed E-state index contributed by atoms with van der Waals surface area (Å²) >= 11 is 5.75. The second kappa shape index (κ2) is 4.77. The van der Waals surface area contributed by atoms with Crippen LogP contribution in [0.3, 0.4) is 0 Å². The van der Waals surface area contributed by atoms with Crippen molar-refractivity contribution in [2.45, 2.75) is 12.8 Å². The van der Waals surface area contributed by atoms with Crippen LogP contribution in [0.1, 0.15) is 12.0 Å². The Bertz CT molecular complexity index is 363. The lowest BCUT2D eigenvalue weighted by molar-refractivity contribution is -0.135. The van der Waals surface area contributed by atoms with E-state index in [1.54, 1.807) is 18.2 Å². The molecule has 4 heteroatoms. The fourth-order valence-electron chi connectivity index (χ4n) is 1.14. The third-order valence-electron chi connectivity index (χ3n) is 1.67. The topological polar surface area (TPSA) is 61.2 Å². The summed E-state index contributed by atoms with van der Waals surface area (Å²) in [4.78, 5) is 10.3. The van der Waals surface area contributed by atoms with E-state index in [4.69, 9.17) is 22.1 Å². The van der Waals surface area contributed by atoms with Gasteiger partial charge in [0.2, 0.25) is 0 Å². The van der Waals surface area contributed by atoms with Crippen LogP contribution in [-0.2, 0) is 11.2 Å². The van der Waals surface area contributed by atoms with Gasteiger partial charge in [-0.1, -0.05) is 23.7 Å². The molecule has 0 radical (unpaired) electrons. The maximum atomic E-state index is 10.3. The molecule has 3 nitrogen and oxygen atoms in total. The fraction of sp³-hybridized carbons (Fsp3) is 0.200. The van der Waals surface area contributed by atoms with E-state index < -0.39 is 5.97 Å². The summed E-state index contributed by atoms with van der Waals surface area (Å²) in [7, 11) is 0. The van der Waals surface area contributed by atoms with Gasteiger partial charge in [0.05, 0.1) is 6.42 Å². The summed E-state index contributed by atoms with van der Waals surface area (Å²) < 4.78 is 0. The van der Waals surface area contributed by atoms with Gasteiger partial charge in [-0.2, -0.15) is 0 Å². The Hall–Kier alpha value is -1.35. The molecule has 0 unspecified atom stereocenters. The molecular formula is C10H10ClNO2. The summed E-state index contributed by atoms with van der Waals surface area (Å²) in [5, 5.41) is 16.5. The van der Waals surface area contributed by atoms with Crippen LogP contribution < -0.4 is 0 Å².